The van der Waals surface area contributed by atoms with Gasteiger partial charge in [0.25, 0.3) is 0 Å². The Balaban J connectivity index is 0.00000264. The number of halogens is 1. The third-order valence-corrected chi connectivity index (χ3v) is 4.57. The Hall–Kier alpha value is -0.540. The van der Waals surface area contributed by atoms with Crippen molar-refractivity contribution in [2.24, 2.45) is 4.99 Å². The molecule has 1 aliphatic rings. The minimum atomic E-state index is 0. The van der Waals surface area contributed by atoms with Gasteiger partial charge in [-0.3, -0.25) is 4.99 Å². The van der Waals surface area contributed by atoms with Gasteiger partial charge in [0.05, 0.1) is 5.00 Å². The molecule has 0 unspecified atom stereocenters. The van der Waals surface area contributed by atoms with E-state index in [0.29, 0.717) is 0 Å². The molecule has 1 saturated heterocycles. The molecule has 1 aromatic rings. The predicted octanol–water partition coefficient (Wildman–Crippen LogP) is 2.88. The average molecular weight is 452 g/mol. The van der Waals surface area contributed by atoms with Crippen molar-refractivity contribution < 1.29 is 4.74 Å². The van der Waals surface area contributed by atoms with Gasteiger partial charge < -0.3 is 19.9 Å². The van der Waals surface area contributed by atoms with Crippen molar-refractivity contribution in [2.75, 3.05) is 57.4 Å². The fourth-order valence-electron chi connectivity index (χ4n) is 2.51. The predicted molar refractivity (Wildman–Crippen MR) is 111 cm³/mol. The normalized spacial score (nSPS) is 15.5. The molecule has 132 valence electrons. The third-order valence-electron chi connectivity index (χ3n) is 3.64. The van der Waals surface area contributed by atoms with Gasteiger partial charge in [-0.2, -0.15) is 0 Å². The van der Waals surface area contributed by atoms with E-state index in [1.807, 2.05) is 18.3 Å². The lowest BCUT2D eigenvalue weighted by molar-refractivity contribution is 0.146. The monoisotopic (exact) mass is 452 g/mol. The van der Waals surface area contributed by atoms with Crippen LogP contribution in [0.1, 0.15) is 20.3 Å². The summed E-state index contributed by atoms with van der Waals surface area (Å²) in [6.45, 7) is 11.6. The van der Waals surface area contributed by atoms with Crippen molar-refractivity contribution in [3.63, 3.8) is 0 Å². The van der Waals surface area contributed by atoms with Gasteiger partial charge in [0.15, 0.2) is 5.96 Å². The standard InChI is InChI=1S/C16H28N4OS.HI/c1-3-17-16(18-8-6-13-21-4-2)20-11-9-19(10-12-20)15-7-5-14-22-15;/h5,7,14H,3-4,6,8-13H2,1-2H3,(H,17,18);1H. The number of anilines is 1. The summed E-state index contributed by atoms with van der Waals surface area (Å²) in [5.74, 6) is 1.05. The van der Waals surface area contributed by atoms with Crippen molar-refractivity contribution >= 4 is 46.3 Å². The highest BCUT2D eigenvalue weighted by atomic mass is 127. The maximum Gasteiger partial charge on any atom is 0.194 e. The van der Waals surface area contributed by atoms with Crippen LogP contribution in [0.25, 0.3) is 0 Å². The second kappa shape index (κ2) is 11.9. The van der Waals surface area contributed by atoms with Crippen molar-refractivity contribution in [3.8, 4) is 0 Å². The fraction of sp³-hybridized carbons (Fsp3) is 0.688. The second-order valence-electron chi connectivity index (χ2n) is 5.21. The van der Waals surface area contributed by atoms with Crippen molar-refractivity contribution in [3.05, 3.63) is 17.5 Å². The Kier molecular flexibility index (Phi) is 10.6. The molecule has 0 radical (unpaired) electrons. The Labute approximate surface area is 161 Å². The first-order valence-corrected chi connectivity index (χ1v) is 9.12. The number of nitrogens with one attached hydrogen (secondary N) is 1. The molecule has 0 aliphatic carbocycles. The Morgan fingerprint density at radius 1 is 1.30 bits per heavy atom. The summed E-state index contributed by atoms with van der Waals surface area (Å²) in [7, 11) is 0. The summed E-state index contributed by atoms with van der Waals surface area (Å²) >= 11 is 1.82. The van der Waals surface area contributed by atoms with E-state index in [0.717, 1.165) is 64.9 Å². The van der Waals surface area contributed by atoms with Crippen molar-refractivity contribution in [1.82, 2.24) is 10.2 Å². The van der Waals surface area contributed by atoms with Crippen LogP contribution in [0.4, 0.5) is 5.00 Å². The molecule has 1 aliphatic heterocycles. The number of hydrogen-bond donors (Lipinski definition) is 1. The average Bonchev–Trinajstić information content (AvgIpc) is 3.08. The molecule has 1 N–H and O–H groups in total. The van der Waals surface area contributed by atoms with Crippen LogP contribution in [0.5, 0.6) is 0 Å². The SMILES string of the molecule is CCNC(=NCCCOCC)N1CCN(c2cccs2)CC1.I. The molecule has 2 rings (SSSR count). The number of guanidine groups is 1. The largest absolute Gasteiger partial charge is 0.382 e. The van der Waals surface area contributed by atoms with Crippen LogP contribution in [-0.4, -0.2) is 63.3 Å². The first kappa shape index (κ1) is 20.5. The summed E-state index contributed by atoms with van der Waals surface area (Å²) in [5.41, 5.74) is 0. The molecule has 2 heterocycles. The molecule has 7 heteroatoms. The number of aliphatic imine (C=N–C) groups is 1. The number of thiophene rings is 1. The van der Waals surface area contributed by atoms with E-state index in [4.69, 9.17) is 9.73 Å². The summed E-state index contributed by atoms with van der Waals surface area (Å²) in [6.07, 6.45) is 0.984. The van der Waals surface area contributed by atoms with Gasteiger partial charge in [0, 0.05) is 52.5 Å². The summed E-state index contributed by atoms with van der Waals surface area (Å²) in [6, 6.07) is 4.32. The highest BCUT2D eigenvalue weighted by Gasteiger charge is 2.20. The molecule has 23 heavy (non-hydrogen) atoms. The Morgan fingerprint density at radius 2 is 2.09 bits per heavy atom. The van der Waals surface area contributed by atoms with Crippen LogP contribution in [0.15, 0.2) is 22.5 Å². The molecular weight excluding hydrogens is 423 g/mol. The number of rotatable bonds is 7. The molecule has 1 aromatic heterocycles. The highest BCUT2D eigenvalue weighted by Crippen LogP contribution is 2.22. The van der Waals surface area contributed by atoms with Crippen LogP contribution in [0, 0.1) is 0 Å². The molecule has 0 bridgehead atoms. The van der Waals surface area contributed by atoms with Gasteiger partial charge in [0.2, 0.25) is 0 Å². The summed E-state index contributed by atoms with van der Waals surface area (Å²) in [5, 5.41) is 6.93. The maximum absolute atomic E-state index is 5.37. The third kappa shape index (κ3) is 6.84. The lowest BCUT2D eigenvalue weighted by Crippen LogP contribution is -2.52. The zero-order valence-corrected chi connectivity index (χ0v) is 17.3. The number of hydrogen-bond acceptors (Lipinski definition) is 4. The topological polar surface area (TPSA) is 40.1 Å². The minimum Gasteiger partial charge on any atom is -0.382 e. The van der Waals surface area contributed by atoms with Crippen LogP contribution in [0.3, 0.4) is 0 Å². The van der Waals surface area contributed by atoms with Gasteiger partial charge in [-0.05, 0) is 37.8 Å². The van der Waals surface area contributed by atoms with E-state index < -0.39 is 0 Å². The molecule has 0 atom stereocenters. The highest BCUT2D eigenvalue weighted by molar-refractivity contribution is 14.0. The molecule has 1 fully saturated rings. The summed E-state index contributed by atoms with van der Waals surface area (Å²) < 4.78 is 5.37. The Bertz CT molecular complexity index is 433. The maximum atomic E-state index is 5.37. The van der Waals surface area contributed by atoms with E-state index in [9.17, 15) is 0 Å². The fourth-order valence-corrected chi connectivity index (χ4v) is 3.30. The first-order valence-electron chi connectivity index (χ1n) is 8.24. The van der Waals surface area contributed by atoms with Crippen LogP contribution in [-0.2, 0) is 4.74 Å². The lowest BCUT2D eigenvalue weighted by Gasteiger charge is -2.37. The molecular formula is C16H29IN4OS. The molecule has 5 nitrogen and oxygen atoms in total. The van der Waals surface area contributed by atoms with E-state index >= 15 is 0 Å². The van der Waals surface area contributed by atoms with Crippen molar-refractivity contribution in [2.45, 2.75) is 20.3 Å². The molecule has 0 spiro atoms. The Morgan fingerprint density at radius 3 is 2.70 bits per heavy atom. The minimum absolute atomic E-state index is 0. The van der Waals surface area contributed by atoms with E-state index in [-0.39, 0.29) is 24.0 Å². The molecule has 0 amide bonds. The molecule has 0 saturated carbocycles. The summed E-state index contributed by atoms with van der Waals surface area (Å²) in [4.78, 5) is 9.56. The lowest BCUT2D eigenvalue weighted by atomic mass is 10.3. The van der Waals surface area contributed by atoms with Gasteiger partial charge in [-0.1, -0.05) is 0 Å². The van der Waals surface area contributed by atoms with Gasteiger partial charge in [0.1, 0.15) is 0 Å². The smallest absolute Gasteiger partial charge is 0.194 e. The van der Waals surface area contributed by atoms with Gasteiger partial charge in [-0.15, -0.1) is 35.3 Å². The quantitative estimate of drug-likeness (QED) is 0.299. The van der Waals surface area contributed by atoms with Crippen molar-refractivity contribution in [1.29, 1.82) is 0 Å². The number of nitrogens with zero attached hydrogens (tertiary/aromatic N) is 3. The van der Waals surface area contributed by atoms with E-state index in [1.165, 1.54) is 5.00 Å². The molecule has 0 aromatic carbocycles. The van der Waals surface area contributed by atoms with E-state index in [2.05, 4.69) is 39.6 Å². The number of ether oxygens (including phenoxy) is 1. The van der Waals surface area contributed by atoms with Crippen LogP contribution < -0.4 is 10.2 Å². The first-order chi connectivity index (χ1) is 10.8. The van der Waals surface area contributed by atoms with Gasteiger partial charge in [-0.25, -0.2) is 0 Å². The number of piperazine rings is 1. The van der Waals surface area contributed by atoms with Gasteiger partial charge >= 0.3 is 0 Å². The zero-order chi connectivity index (χ0) is 15.6. The van der Waals surface area contributed by atoms with E-state index in [1.54, 1.807) is 0 Å². The second-order valence-corrected chi connectivity index (χ2v) is 6.14. The van der Waals surface area contributed by atoms with Crippen LogP contribution in [0.2, 0.25) is 0 Å². The zero-order valence-electron chi connectivity index (χ0n) is 14.2. The van der Waals surface area contributed by atoms with Crippen LogP contribution >= 0.6 is 35.3 Å².